The number of hydrogen-bond acceptors (Lipinski definition) is 8. The van der Waals surface area contributed by atoms with Crippen molar-refractivity contribution in [3.8, 4) is 12.4 Å². The summed E-state index contributed by atoms with van der Waals surface area (Å²) >= 11 is 0. The fourth-order valence-corrected chi connectivity index (χ4v) is 2.04. The largest absolute Gasteiger partial charge is 0.447 e. The average Bonchev–Trinajstić information content (AvgIpc) is 3.14. The summed E-state index contributed by atoms with van der Waals surface area (Å²) in [4.78, 5) is 14.3. The van der Waals surface area contributed by atoms with Crippen LogP contribution in [0.15, 0.2) is 20.8 Å². The molecule has 1 aromatic heterocycles. The van der Waals surface area contributed by atoms with Gasteiger partial charge in [0.05, 0.1) is 12.2 Å². The van der Waals surface area contributed by atoms with Crippen LogP contribution in [0.4, 0.5) is 0 Å². The Hall–Kier alpha value is -3.35. The molecule has 0 fully saturated rings. The Balaban J connectivity index is 2.36. The number of oxazole rings is 1. The molecule has 0 saturated heterocycles. The molecule has 6 N–H and O–H groups in total. The molecule has 0 bridgehead atoms. The number of guanidine groups is 2. The Morgan fingerprint density at radius 3 is 2.07 bits per heavy atom. The van der Waals surface area contributed by atoms with Crippen molar-refractivity contribution >= 4 is 11.9 Å². The highest BCUT2D eigenvalue weighted by Gasteiger charge is 2.10. The van der Waals surface area contributed by atoms with Gasteiger partial charge in [-0.25, -0.2) is 14.8 Å². The second kappa shape index (κ2) is 12.1. The number of aromatic nitrogens is 1. The summed E-state index contributed by atoms with van der Waals surface area (Å²) in [6, 6.07) is 0. The molecule has 0 aromatic carbocycles. The van der Waals surface area contributed by atoms with Crippen LogP contribution in [-0.4, -0.2) is 67.0 Å². The van der Waals surface area contributed by atoms with Crippen molar-refractivity contribution < 1.29 is 4.42 Å². The van der Waals surface area contributed by atoms with Gasteiger partial charge in [-0.3, -0.25) is 9.98 Å². The minimum atomic E-state index is 0.170. The third-order valence-electron chi connectivity index (χ3n) is 3.58. The molecule has 0 radical (unpaired) electrons. The highest BCUT2D eigenvalue weighted by Crippen LogP contribution is 2.06. The summed E-state index contributed by atoms with van der Waals surface area (Å²) in [5.74, 6) is 1.03. The van der Waals surface area contributed by atoms with Gasteiger partial charge in [0, 0.05) is 46.8 Å². The number of nitrogens with one attached hydrogen (secondary N) is 2. The third-order valence-corrected chi connectivity index (χ3v) is 3.58. The molecule has 1 aromatic rings. The summed E-state index contributed by atoms with van der Waals surface area (Å²) in [7, 11) is 3.06. The van der Waals surface area contributed by atoms with E-state index >= 15 is 0 Å². The van der Waals surface area contributed by atoms with Crippen molar-refractivity contribution in [3.63, 3.8) is 0 Å². The van der Waals surface area contributed by atoms with E-state index in [2.05, 4.69) is 25.6 Å². The molecule has 0 aliphatic heterocycles. The molecular weight excluding hydrogens is 350 g/mol. The molecule has 1 heterocycles. The molecule has 12 nitrogen and oxygen atoms in total. The van der Waals surface area contributed by atoms with Gasteiger partial charge in [0.15, 0.2) is 18.8 Å². The van der Waals surface area contributed by atoms with Crippen molar-refractivity contribution in [2.45, 2.75) is 13.1 Å². The minimum absolute atomic E-state index is 0.170. The molecule has 0 amide bonds. The average molecular weight is 375 g/mol. The van der Waals surface area contributed by atoms with Crippen LogP contribution < -0.4 is 22.1 Å². The summed E-state index contributed by atoms with van der Waals surface area (Å²) < 4.78 is 5.38. The SMILES string of the molecule is CN=C(N)N(C#N)CCNCc1ncoc1CNCCN(C#N)C(N)=NC. The van der Waals surface area contributed by atoms with Crippen LogP contribution in [-0.2, 0) is 13.1 Å². The van der Waals surface area contributed by atoms with Crippen LogP contribution in [0.3, 0.4) is 0 Å². The summed E-state index contributed by atoms with van der Waals surface area (Å²) in [5.41, 5.74) is 12.0. The molecule has 146 valence electrons. The number of nitrogens with two attached hydrogens (primary N) is 2. The van der Waals surface area contributed by atoms with Crippen molar-refractivity contribution in [1.29, 1.82) is 10.5 Å². The van der Waals surface area contributed by atoms with Crippen LogP contribution in [0.2, 0.25) is 0 Å². The molecular formula is C15H25N11O. The maximum Gasteiger partial charge on any atom is 0.204 e. The lowest BCUT2D eigenvalue weighted by Gasteiger charge is -2.14. The van der Waals surface area contributed by atoms with Crippen molar-refractivity contribution in [2.24, 2.45) is 21.5 Å². The van der Waals surface area contributed by atoms with Gasteiger partial charge in [-0.05, 0) is 0 Å². The third kappa shape index (κ3) is 7.19. The fourth-order valence-electron chi connectivity index (χ4n) is 2.04. The molecule has 0 aliphatic carbocycles. The highest BCUT2D eigenvalue weighted by atomic mass is 16.3. The van der Waals surface area contributed by atoms with E-state index in [4.69, 9.17) is 26.4 Å². The van der Waals surface area contributed by atoms with Gasteiger partial charge in [0.25, 0.3) is 0 Å². The lowest BCUT2D eigenvalue weighted by molar-refractivity contribution is 0.458. The zero-order valence-electron chi connectivity index (χ0n) is 15.5. The maximum atomic E-state index is 9.00. The second-order valence-corrected chi connectivity index (χ2v) is 5.24. The zero-order chi connectivity index (χ0) is 20.1. The molecule has 0 spiro atoms. The first kappa shape index (κ1) is 21.7. The van der Waals surface area contributed by atoms with Crippen LogP contribution in [0.25, 0.3) is 0 Å². The Kier molecular flexibility index (Phi) is 9.70. The Labute approximate surface area is 158 Å². The molecule has 0 unspecified atom stereocenters. The van der Waals surface area contributed by atoms with Crippen LogP contribution in [0.5, 0.6) is 0 Å². The fraction of sp³-hybridized carbons (Fsp3) is 0.533. The first-order valence-electron chi connectivity index (χ1n) is 8.19. The lowest BCUT2D eigenvalue weighted by atomic mass is 10.3. The normalized spacial score (nSPS) is 11.7. The molecule has 0 aliphatic rings. The Morgan fingerprint density at radius 2 is 1.59 bits per heavy atom. The molecule has 0 saturated carbocycles. The van der Waals surface area contributed by atoms with Crippen LogP contribution in [0.1, 0.15) is 11.5 Å². The predicted octanol–water partition coefficient (Wildman–Crippen LogP) is -1.69. The zero-order valence-corrected chi connectivity index (χ0v) is 15.5. The van der Waals surface area contributed by atoms with Crippen LogP contribution in [0, 0.1) is 22.9 Å². The quantitative estimate of drug-likeness (QED) is 0.121. The monoisotopic (exact) mass is 375 g/mol. The topological polar surface area (TPSA) is 181 Å². The predicted molar refractivity (Wildman–Crippen MR) is 99.6 cm³/mol. The summed E-state index contributed by atoms with van der Waals surface area (Å²) in [6.07, 6.45) is 5.31. The van der Waals surface area contributed by atoms with Gasteiger partial charge in [-0.1, -0.05) is 0 Å². The second-order valence-electron chi connectivity index (χ2n) is 5.24. The van der Waals surface area contributed by atoms with Crippen LogP contribution >= 0.6 is 0 Å². The lowest BCUT2D eigenvalue weighted by Crippen LogP contribution is -2.38. The van der Waals surface area contributed by atoms with Crippen molar-refractivity contribution in [1.82, 2.24) is 25.4 Å². The number of hydrogen-bond donors (Lipinski definition) is 4. The van der Waals surface area contributed by atoms with Gasteiger partial charge in [-0.2, -0.15) is 10.5 Å². The number of aliphatic imine (C=N–C) groups is 2. The van der Waals surface area contributed by atoms with E-state index in [0.29, 0.717) is 45.0 Å². The number of nitrogens with zero attached hydrogens (tertiary/aromatic N) is 7. The smallest absolute Gasteiger partial charge is 0.204 e. The van der Waals surface area contributed by atoms with Gasteiger partial charge in [-0.15, -0.1) is 0 Å². The summed E-state index contributed by atoms with van der Waals surface area (Å²) in [6.45, 7) is 2.77. The minimum Gasteiger partial charge on any atom is -0.447 e. The van der Waals surface area contributed by atoms with E-state index in [1.165, 1.54) is 30.3 Å². The van der Waals surface area contributed by atoms with Crippen molar-refractivity contribution in [2.75, 3.05) is 40.3 Å². The van der Waals surface area contributed by atoms with E-state index in [0.717, 1.165) is 5.69 Å². The van der Waals surface area contributed by atoms with E-state index in [1.807, 2.05) is 12.4 Å². The van der Waals surface area contributed by atoms with E-state index < -0.39 is 0 Å². The highest BCUT2D eigenvalue weighted by molar-refractivity contribution is 5.79. The van der Waals surface area contributed by atoms with Gasteiger partial charge in [0.2, 0.25) is 11.9 Å². The number of nitriles is 2. The molecule has 12 heteroatoms. The summed E-state index contributed by atoms with van der Waals surface area (Å²) in [5, 5.41) is 24.3. The van der Waals surface area contributed by atoms with Crippen molar-refractivity contribution in [3.05, 3.63) is 17.8 Å². The maximum absolute atomic E-state index is 9.00. The molecule has 1 rings (SSSR count). The Morgan fingerprint density at radius 1 is 1.07 bits per heavy atom. The van der Waals surface area contributed by atoms with E-state index in [9.17, 15) is 0 Å². The van der Waals surface area contributed by atoms with E-state index in [-0.39, 0.29) is 11.9 Å². The van der Waals surface area contributed by atoms with E-state index in [1.54, 1.807) is 0 Å². The molecule has 0 atom stereocenters. The Bertz CT molecular complexity index is 654. The van der Waals surface area contributed by atoms with Gasteiger partial charge < -0.3 is 26.5 Å². The standard InChI is InChI=1S/C15H25N11O/c1-20-14(18)25(9-16)5-3-22-7-12-13(27-11-24-12)8-23-4-6-26(10-17)15(19)21-2/h11,22-23H,3-8H2,1-2H3,(H2,18,20)(H2,19,21). The van der Waals surface area contributed by atoms with Gasteiger partial charge in [0.1, 0.15) is 5.76 Å². The van der Waals surface area contributed by atoms with Gasteiger partial charge >= 0.3 is 0 Å². The first-order valence-corrected chi connectivity index (χ1v) is 8.19. The molecule has 27 heavy (non-hydrogen) atoms. The first-order chi connectivity index (χ1) is 13.1. The number of rotatable bonds is 10.